The molecule has 0 spiro atoms. The number of hydrogen-bond acceptors (Lipinski definition) is 2. The van der Waals surface area contributed by atoms with Crippen LogP contribution in [0, 0.1) is 0 Å². The van der Waals surface area contributed by atoms with Gasteiger partial charge in [0.15, 0.2) is 0 Å². The third-order valence-electron chi connectivity index (χ3n) is 0.812. The first-order valence-electron chi connectivity index (χ1n) is 2.50. The zero-order valence-electron chi connectivity index (χ0n) is 5.45. The van der Waals surface area contributed by atoms with Crippen LogP contribution in [-0.4, -0.2) is 8.42 Å². The SMILES string of the molecule is C=C/C=C(\C=C)S(N)(=O)=O. The minimum Gasteiger partial charge on any atom is -0.225 e. The van der Waals surface area contributed by atoms with Gasteiger partial charge in [0.1, 0.15) is 0 Å². The van der Waals surface area contributed by atoms with Crippen LogP contribution in [0.25, 0.3) is 0 Å². The minimum atomic E-state index is -3.61. The standard InChI is InChI=1S/C6H9NO2S/c1-3-5-6(4-2)10(7,8)9/h3-5H,1-2H2,(H2,7,8,9)/b6-5+. The molecule has 0 saturated heterocycles. The third kappa shape index (κ3) is 2.61. The molecule has 3 nitrogen and oxygen atoms in total. The lowest BCUT2D eigenvalue weighted by Crippen LogP contribution is -2.12. The molecule has 0 aliphatic rings. The van der Waals surface area contributed by atoms with E-state index in [4.69, 9.17) is 5.14 Å². The maximum absolute atomic E-state index is 10.5. The molecular weight excluding hydrogens is 150 g/mol. The van der Waals surface area contributed by atoms with E-state index in [0.717, 1.165) is 6.08 Å². The van der Waals surface area contributed by atoms with Gasteiger partial charge in [-0.15, -0.1) is 0 Å². The molecule has 0 bridgehead atoms. The second-order valence-electron chi connectivity index (χ2n) is 1.55. The monoisotopic (exact) mass is 159 g/mol. The smallest absolute Gasteiger partial charge is 0.225 e. The lowest BCUT2D eigenvalue weighted by Gasteiger charge is -1.93. The van der Waals surface area contributed by atoms with Crippen LogP contribution in [0.15, 0.2) is 36.3 Å². The molecule has 0 aromatic carbocycles. The zero-order valence-corrected chi connectivity index (χ0v) is 6.26. The summed E-state index contributed by atoms with van der Waals surface area (Å²) in [5, 5.41) is 4.76. The maximum Gasteiger partial charge on any atom is 0.238 e. The largest absolute Gasteiger partial charge is 0.238 e. The molecule has 0 aromatic heterocycles. The van der Waals surface area contributed by atoms with Gasteiger partial charge in [0.05, 0.1) is 4.91 Å². The van der Waals surface area contributed by atoms with E-state index in [-0.39, 0.29) is 4.91 Å². The maximum atomic E-state index is 10.5. The molecule has 4 heteroatoms. The highest BCUT2D eigenvalue weighted by molar-refractivity contribution is 7.93. The lowest BCUT2D eigenvalue weighted by atomic mass is 10.5. The molecule has 0 unspecified atom stereocenters. The van der Waals surface area contributed by atoms with E-state index in [9.17, 15) is 8.42 Å². The van der Waals surface area contributed by atoms with Crippen LogP contribution in [0.5, 0.6) is 0 Å². The number of rotatable bonds is 3. The average Bonchev–Trinajstić information content (AvgIpc) is 1.80. The Balaban J connectivity index is 4.89. The molecule has 0 aliphatic carbocycles. The first kappa shape index (κ1) is 9.13. The molecule has 56 valence electrons. The van der Waals surface area contributed by atoms with E-state index in [0.29, 0.717) is 0 Å². The predicted octanol–water partition coefficient (Wildman–Crippen LogP) is 0.531. The van der Waals surface area contributed by atoms with Crippen molar-refractivity contribution in [1.82, 2.24) is 0 Å². The van der Waals surface area contributed by atoms with Gasteiger partial charge in [-0.05, 0) is 12.2 Å². The van der Waals surface area contributed by atoms with Crippen molar-refractivity contribution in [1.29, 1.82) is 0 Å². The Morgan fingerprint density at radius 1 is 1.40 bits per heavy atom. The Morgan fingerprint density at radius 3 is 2.00 bits per heavy atom. The van der Waals surface area contributed by atoms with Gasteiger partial charge in [-0.1, -0.05) is 19.2 Å². The molecule has 0 radical (unpaired) electrons. The fraction of sp³-hybridized carbons (Fsp3) is 0. The van der Waals surface area contributed by atoms with Gasteiger partial charge in [-0.25, -0.2) is 13.6 Å². The van der Waals surface area contributed by atoms with Crippen LogP contribution in [0.1, 0.15) is 0 Å². The highest BCUT2D eigenvalue weighted by Gasteiger charge is 2.04. The number of allylic oxidation sites excluding steroid dienone is 3. The molecule has 10 heavy (non-hydrogen) atoms. The van der Waals surface area contributed by atoms with Gasteiger partial charge < -0.3 is 0 Å². The molecule has 0 fully saturated rings. The van der Waals surface area contributed by atoms with Gasteiger partial charge in [-0.2, -0.15) is 0 Å². The normalized spacial score (nSPS) is 12.7. The molecule has 0 saturated carbocycles. The van der Waals surface area contributed by atoms with Crippen molar-refractivity contribution in [2.24, 2.45) is 5.14 Å². The van der Waals surface area contributed by atoms with Crippen molar-refractivity contribution in [2.75, 3.05) is 0 Å². The van der Waals surface area contributed by atoms with Crippen molar-refractivity contribution in [3.8, 4) is 0 Å². The summed E-state index contributed by atoms with van der Waals surface area (Å²) in [5.74, 6) is 0. The van der Waals surface area contributed by atoms with Gasteiger partial charge in [0, 0.05) is 0 Å². The summed E-state index contributed by atoms with van der Waals surface area (Å²) in [6.07, 6.45) is 3.78. The molecule has 0 amide bonds. The second-order valence-corrected chi connectivity index (χ2v) is 3.12. The predicted molar refractivity (Wildman–Crippen MR) is 41.6 cm³/mol. The van der Waals surface area contributed by atoms with Crippen molar-refractivity contribution < 1.29 is 8.42 Å². The molecule has 0 aliphatic heterocycles. The molecule has 0 heterocycles. The molecule has 0 aromatic rings. The zero-order chi connectivity index (χ0) is 8.20. The Hall–Kier alpha value is -0.870. The van der Waals surface area contributed by atoms with E-state index >= 15 is 0 Å². The van der Waals surface area contributed by atoms with E-state index in [1.165, 1.54) is 12.2 Å². The number of primary sulfonamides is 1. The number of sulfonamides is 1. The van der Waals surface area contributed by atoms with Crippen molar-refractivity contribution in [3.05, 3.63) is 36.3 Å². The molecule has 0 rings (SSSR count). The summed E-state index contributed by atoms with van der Waals surface area (Å²) in [6.45, 7) is 6.59. The van der Waals surface area contributed by atoms with Crippen LogP contribution >= 0.6 is 0 Å². The quantitative estimate of drug-likeness (QED) is 0.610. The average molecular weight is 159 g/mol. The highest BCUT2D eigenvalue weighted by Crippen LogP contribution is 2.01. The highest BCUT2D eigenvalue weighted by atomic mass is 32.2. The second kappa shape index (κ2) is 3.34. The Labute approximate surface area is 60.6 Å². The number of nitrogens with two attached hydrogens (primary N) is 1. The van der Waals surface area contributed by atoms with Crippen LogP contribution in [0.4, 0.5) is 0 Å². The molecular formula is C6H9NO2S. The molecule has 0 atom stereocenters. The summed E-state index contributed by atoms with van der Waals surface area (Å²) in [6, 6.07) is 0. The van der Waals surface area contributed by atoms with Crippen LogP contribution in [0.2, 0.25) is 0 Å². The van der Waals surface area contributed by atoms with Crippen LogP contribution in [0.3, 0.4) is 0 Å². The first-order chi connectivity index (χ1) is 4.52. The van der Waals surface area contributed by atoms with Crippen LogP contribution < -0.4 is 5.14 Å². The first-order valence-corrected chi connectivity index (χ1v) is 4.05. The fourth-order valence-corrected chi connectivity index (χ4v) is 0.913. The summed E-state index contributed by atoms with van der Waals surface area (Å²) in [5.41, 5.74) is 0. The van der Waals surface area contributed by atoms with Gasteiger partial charge in [0.2, 0.25) is 10.0 Å². The van der Waals surface area contributed by atoms with Crippen molar-refractivity contribution >= 4 is 10.0 Å². The van der Waals surface area contributed by atoms with E-state index < -0.39 is 10.0 Å². The van der Waals surface area contributed by atoms with Gasteiger partial charge in [-0.3, -0.25) is 0 Å². The van der Waals surface area contributed by atoms with E-state index in [2.05, 4.69) is 13.2 Å². The number of hydrogen-bond donors (Lipinski definition) is 1. The summed E-state index contributed by atoms with van der Waals surface area (Å²) >= 11 is 0. The van der Waals surface area contributed by atoms with Crippen molar-refractivity contribution in [3.63, 3.8) is 0 Å². The van der Waals surface area contributed by atoms with E-state index in [1.54, 1.807) is 0 Å². The summed E-state index contributed by atoms with van der Waals surface area (Å²) < 4.78 is 21.1. The Kier molecular flexibility index (Phi) is 3.05. The van der Waals surface area contributed by atoms with E-state index in [1.807, 2.05) is 0 Å². The minimum absolute atomic E-state index is 0.0255. The van der Waals surface area contributed by atoms with Gasteiger partial charge >= 0.3 is 0 Å². The summed E-state index contributed by atoms with van der Waals surface area (Å²) in [7, 11) is -3.61. The topological polar surface area (TPSA) is 60.2 Å². The third-order valence-corrected chi connectivity index (χ3v) is 1.77. The fourth-order valence-electron chi connectivity index (χ4n) is 0.395. The Bertz CT molecular complexity index is 261. The van der Waals surface area contributed by atoms with Crippen LogP contribution in [-0.2, 0) is 10.0 Å². The lowest BCUT2D eigenvalue weighted by molar-refractivity contribution is 0.604. The summed E-state index contributed by atoms with van der Waals surface area (Å²) in [4.78, 5) is -0.0255. The van der Waals surface area contributed by atoms with Crippen molar-refractivity contribution in [2.45, 2.75) is 0 Å². The Morgan fingerprint density at radius 2 is 1.90 bits per heavy atom. The molecule has 2 N–H and O–H groups in total. The van der Waals surface area contributed by atoms with Gasteiger partial charge in [0.25, 0.3) is 0 Å².